The fraction of sp³-hybridized carbons (Fsp3) is 0.400. The molecule has 134 valence electrons. The highest BCUT2D eigenvalue weighted by atomic mass is 16.5. The van der Waals surface area contributed by atoms with Gasteiger partial charge >= 0.3 is 0 Å². The largest absolute Gasteiger partial charge is 0.497 e. The van der Waals surface area contributed by atoms with Crippen LogP contribution in [0.1, 0.15) is 51.5 Å². The minimum Gasteiger partial charge on any atom is -0.497 e. The zero-order chi connectivity index (χ0) is 18.7. The molecule has 2 atom stereocenters. The first-order chi connectivity index (χ1) is 11.8. The number of aryl methyl sites for hydroxylation is 1. The van der Waals surface area contributed by atoms with E-state index in [9.17, 15) is 9.59 Å². The van der Waals surface area contributed by atoms with Gasteiger partial charge < -0.3 is 14.6 Å². The summed E-state index contributed by atoms with van der Waals surface area (Å²) in [6, 6.07) is 7.63. The molecule has 2 aromatic rings. The second kappa shape index (κ2) is 7.66. The topological polar surface area (TPSA) is 63.6 Å². The molecule has 0 fully saturated rings. The summed E-state index contributed by atoms with van der Waals surface area (Å²) in [5, 5.41) is 0. The lowest BCUT2D eigenvalue weighted by atomic mass is 10.0. The molecule has 0 saturated heterocycles. The van der Waals surface area contributed by atoms with E-state index in [0.717, 1.165) is 27.5 Å². The van der Waals surface area contributed by atoms with Crippen LogP contribution in [-0.4, -0.2) is 36.7 Å². The molecule has 2 N–H and O–H groups in total. The Morgan fingerprint density at radius 3 is 2.52 bits per heavy atom. The Morgan fingerprint density at radius 2 is 1.96 bits per heavy atom. The first-order valence-electron chi connectivity index (χ1n) is 8.45. The number of hydrogen-bond donors (Lipinski definition) is 2. The monoisotopic (exact) mass is 343 g/mol. The van der Waals surface area contributed by atoms with Crippen LogP contribution in [0.15, 0.2) is 24.3 Å². The predicted octanol–water partition coefficient (Wildman–Crippen LogP) is 2.13. The van der Waals surface area contributed by atoms with E-state index in [2.05, 4.69) is 4.98 Å². The molecule has 1 aromatic carbocycles. The van der Waals surface area contributed by atoms with E-state index < -0.39 is 0 Å². The number of Topliss-reactive ketones (excluding diaryl/α,β-unsaturated/α-hetero) is 2. The Morgan fingerprint density at radius 1 is 1.28 bits per heavy atom. The highest BCUT2D eigenvalue weighted by Crippen LogP contribution is 2.19. The third-order valence-electron chi connectivity index (χ3n) is 4.79. The van der Waals surface area contributed by atoms with Gasteiger partial charge in [0.1, 0.15) is 12.3 Å². The minimum atomic E-state index is -0.234. The normalized spacial score (nSPS) is 13.4. The Hall–Kier alpha value is -2.40. The van der Waals surface area contributed by atoms with E-state index in [1.165, 1.54) is 6.92 Å². The molecule has 5 nitrogen and oxygen atoms in total. The SMILES string of the molecule is COc1cccc(C[NH+](C)[C@H](C)C(=O)c2[nH]c(C)c(C(C)=O)c2C)c1. The number of ether oxygens (including phenoxy) is 1. The van der Waals surface area contributed by atoms with Crippen LogP contribution in [0.25, 0.3) is 0 Å². The number of rotatable bonds is 7. The van der Waals surface area contributed by atoms with Crippen molar-refractivity contribution in [2.24, 2.45) is 0 Å². The maximum absolute atomic E-state index is 12.9. The van der Waals surface area contributed by atoms with Crippen molar-refractivity contribution >= 4 is 11.6 Å². The Balaban J connectivity index is 2.19. The van der Waals surface area contributed by atoms with E-state index in [1.54, 1.807) is 7.11 Å². The van der Waals surface area contributed by atoms with Crippen LogP contribution in [0.4, 0.5) is 0 Å². The molecule has 0 spiro atoms. The van der Waals surface area contributed by atoms with Crippen molar-refractivity contribution < 1.29 is 19.2 Å². The van der Waals surface area contributed by atoms with Crippen LogP contribution < -0.4 is 9.64 Å². The first kappa shape index (κ1) is 18.9. The molecule has 0 aliphatic rings. The first-order valence-corrected chi connectivity index (χ1v) is 8.45. The molecular formula is C20H27N2O3+. The number of quaternary nitrogens is 1. The van der Waals surface area contributed by atoms with Gasteiger partial charge in [0.25, 0.3) is 0 Å². The lowest BCUT2D eigenvalue weighted by Crippen LogP contribution is -3.12. The standard InChI is InChI=1S/C20H26N2O3/c1-12-18(15(4)23)13(2)21-19(12)20(24)14(3)22(5)11-16-8-7-9-17(10-16)25-6/h7-10,14,21H,11H2,1-6H3/p+1/t14-/m1/s1. The van der Waals surface area contributed by atoms with Crippen LogP contribution in [0.2, 0.25) is 0 Å². The van der Waals surface area contributed by atoms with Crippen LogP contribution in [0.3, 0.4) is 0 Å². The summed E-state index contributed by atoms with van der Waals surface area (Å²) in [6.07, 6.45) is 0. The average Bonchev–Trinajstić information content (AvgIpc) is 2.88. The van der Waals surface area contributed by atoms with Gasteiger partial charge in [0.05, 0.1) is 19.9 Å². The van der Waals surface area contributed by atoms with Crippen molar-refractivity contribution in [1.82, 2.24) is 4.98 Å². The van der Waals surface area contributed by atoms with E-state index in [-0.39, 0.29) is 17.6 Å². The lowest BCUT2D eigenvalue weighted by molar-refractivity contribution is -0.907. The maximum atomic E-state index is 12.9. The van der Waals surface area contributed by atoms with Crippen molar-refractivity contribution in [3.05, 3.63) is 52.3 Å². The fourth-order valence-electron chi connectivity index (χ4n) is 3.22. The summed E-state index contributed by atoms with van der Waals surface area (Å²) in [4.78, 5) is 28.9. The zero-order valence-corrected chi connectivity index (χ0v) is 15.8. The number of carbonyl (C=O) groups is 2. The van der Waals surface area contributed by atoms with Crippen LogP contribution >= 0.6 is 0 Å². The Kier molecular flexibility index (Phi) is 5.80. The number of carbonyl (C=O) groups excluding carboxylic acids is 2. The molecule has 0 aliphatic heterocycles. The number of nitrogens with one attached hydrogen (secondary N) is 2. The quantitative estimate of drug-likeness (QED) is 0.757. The summed E-state index contributed by atoms with van der Waals surface area (Å²) in [5.74, 6) is 0.815. The number of methoxy groups -OCH3 is 1. The van der Waals surface area contributed by atoms with Crippen molar-refractivity contribution in [2.75, 3.05) is 14.2 Å². The van der Waals surface area contributed by atoms with Gasteiger partial charge in [0.15, 0.2) is 11.8 Å². The molecule has 2 rings (SSSR count). The van der Waals surface area contributed by atoms with Gasteiger partial charge in [-0.05, 0) is 45.4 Å². The maximum Gasteiger partial charge on any atom is 0.235 e. The van der Waals surface area contributed by atoms with Crippen LogP contribution in [0.5, 0.6) is 5.75 Å². The summed E-state index contributed by atoms with van der Waals surface area (Å²) >= 11 is 0. The molecule has 1 unspecified atom stereocenters. The van der Waals surface area contributed by atoms with Crippen molar-refractivity contribution in [2.45, 2.75) is 40.3 Å². The van der Waals surface area contributed by atoms with E-state index in [1.807, 2.05) is 52.1 Å². The molecule has 0 bridgehead atoms. The molecule has 25 heavy (non-hydrogen) atoms. The van der Waals surface area contributed by atoms with Crippen LogP contribution in [-0.2, 0) is 6.54 Å². The van der Waals surface area contributed by atoms with Gasteiger partial charge in [-0.1, -0.05) is 12.1 Å². The third-order valence-corrected chi connectivity index (χ3v) is 4.79. The number of aromatic amines is 1. The van der Waals surface area contributed by atoms with Crippen molar-refractivity contribution in [1.29, 1.82) is 0 Å². The lowest BCUT2D eigenvalue weighted by Gasteiger charge is -2.21. The van der Waals surface area contributed by atoms with Crippen LogP contribution in [0, 0.1) is 13.8 Å². The summed E-state index contributed by atoms with van der Waals surface area (Å²) < 4.78 is 5.25. The number of likely N-dealkylation sites (N-methyl/N-ethyl adjacent to an activating group) is 1. The molecule has 5 heteroatoms. The van der Waals surface area contributed by atoms with E-state index >= 15 is 0 Å². The number of aromatic nitrogens is 1. The number of benzene rings is 1. The van der Waals surface area contributed by atoms with Gasteiger partial charge in [-0.3, -0.25) is 9.59 Å². The fourth-order valence-corrected chi connectivity index (χ4v) is 3.22. The van der Waals surface area contributed by atoms with E-state index in [0.29, 0.717) is 17.8 Å². The molecule has 0 saturated carbocycles. The number of H-pyrrole nitrogens is 1. The summed E-state index contributed by atoms with van der Waals surface area (Å²) in [5.41, 5.74) is 3.78. The molecule has 0 radical (unpaired) electrons. The highest BCUT2D eigenvalue weighted by molar-refractivity contribution is 6.04. The summed E-state index contributed by atoms with van der Waals surface area (Å²) in [6.45, 7) is 7.82. The molecule has 0 aliphatic carbocycles. The molecule has 0 amide bonds. The second-order valence-electron chi connectivity index (χ2n) is 6.64. The summed E-state index contributed by atoms with van der Waals surface area (Å²) in [7, 11) is 3.64. The number of hydrogen-bond acceptors (Lipinski definition) is 3. The van der Waals surface area contributed by atoms with E-state index in [4.69, 9.17) is 4.74 Å². The zero-order valence-electron chi connectivity index (χ0n) is 15.8. The van der Waals surface area contributed by atoms with Gasteiger partial charge in [0, 0.05) is 16.8 Å². The molecule has 1 heterocycles. The van der Waals surface area contributed by atoms with Crippen molar-refractivity contribution in [3.63, 3.8) is 0 Å². The van der Waals surface area contributed by atoms with Gasteiger partial charge in [-0.25, -0.2) is 0 Å². The number of ketones is 2. The third kappa shape index (κ3) is 3.99. The van der Waals surface area contributed by atoms with Crippen molar-refractivity contribution in [3.8, 4) is 5.75 Å². The highest BCUT2D eigenvalue weighted by Gasteiger charge is 2.28. The predicted molar refractivity (Wildman–Crippen MR) is 97.6 cm³/mol. The average molecular weight is 343 g/mol. The van der Waals surface area contributed by atoms with Gasteiger partial charge in [-0.15, -0.1) is 0 Å². The molecular weight excluding hydrogens is 316 g/mol. The second-order valence-corrected chi connectivity index (χ2v) is 6.64. The Labute approximate surface area is 149 Å². The van der Waals surface area contributed by atoms with Gasteiger partial charge in [-0.2, -0.15) is 0 Å². The van der Waals surface area contributed by atoms with Gasteiger partial charge in [0.2, 0.25) is 5.78 Å². The molecule has 1 aromatic heterocycles. The Bertz CT molecular complexity index is 792. The smallest absolute Gasteiger partial charge is 0.235 e. The minimum absolute atomic E-state index is 0.0185.